The molecule has 2 N–H and O–H groups in total. The molecule has 0 unspecified atom stereocenters. The summed E-state index contributed by atoms with van der Waals surface area (Å²) in [4.78, 5) is 26.8. The predicted octanol–water partition coefficient (Wildman–Crippen LogP) is 1.93. The molecule has 0 bridgehead atoms. The van der Waals surface area contributed by atoms with Gasteiger partial charge in [0.2, 0.25) is 0 Å². The molecule has 8 heteroatoms. The average molecular weight is 352 g/mol. The van der Waals surface area contributed by atoms with E-state index < -0.39 is 5.97 Å². The first-order valence-electron chi connectivity index (χ1n) is 8.15. The number of aromatic carboxylic acids is 1. The van der Waals surface area contributed by atoms with Crippen LogP contribution in [0.15, 0.2) is 36.5 Å². The van der Waals surface area contributed by atoms with Gasteiger partial charge in [-0.2, -0.15) is 0 Å². The summed E-state index contributed by atoms with van der Waals surface area (Å²) in [6.45, 7) is 2.49. The Morgan fingerprint density at radius 3 is 2.69 bits per heavy atom. The van der Waals surface area contributed by atoms with Gasteiger partial charge in [0.1, 0.15) is 11.3 Å². The number of ether oxygens (including phenoxy) is 1. The topological polar surface area (TPSA) is 109 Å². The number of carboxylic acid groups (broad SMARTS) is 1. The summed E-state index contributed by atoms with van der Waals surface area (Å²) in [5.74, 6) is 0.0779. The quantitative estimate of drug-likeness (QED) is 0.736. The molecule has 0 radical (unpaired) electrons. The van der Waals surface area contributed by atoms with E-state index in [1.165, 1.54) is 12.3 Å². The zero-order valence-corrected chi connectivity index (χ0v) is 13.8. The second kappa shape index (κ2) is 6.57. The highest BCUT2D eigenvalue weighted by Gasteiger charge is 2.20. The predicted molar refractivity (Wildman–Crippen MR) is 94.4 cm³/mol. The summed E-state index contributed by atoms with van der Waals surface area (Å²) in [5.41, 5.74) is 1.69. The van der Waals surface area contributed by atoms with E-state index in [-0.39, 0.29) is 11.3 Å². The molecular formula is C18H16N4O4. The van der Waals surface area contributed by atoms with Crippen LogP contribution in [0.25, 0.3) is 22.4 Å². The Labute approximate surface area is 148 Å². The lowest BCUT2D eigenvalue weighted by Gasteiger charge is -2.28. The SMILES string of the molecule is O=C(O)c1cnc2c(N3CCOCC3)nc(-c3cccc(O)c3)nc2c1. The molecule has 26 heavy (non-hydrogen) atoms. The van der Waals surface area contributed by atoms with Gasteiger partial charge in [0.15, 0.2) is 11.6 Å². The number of pyridine rings is 1. The molecule has 3 heterocycles. The summed E-state index contributed by atoms with van der Waals surface area (Å²) in [7, 11) is 0. The molecule has 3 aromatic rings. The summed E-state index contributed by atoms with van der Waals surface area (Å²) < 4.78 is 5.40. The fraction of sp³-hybridized carbons (Fsp3) is 0.222. The summed E-state index contributed by atoms with van der Waals surface area (Å²) in [6.07, 6.45) is 1.31. The maximum absolute atomic E-state index is 11.3. The van der Waals surface area contributed by atoms with Crippen LogP contribution in [-0.4, -0.2) is 57.4 Å². The number of aromatic hydroxyl groups is 1. The van der Waals surface area contributed by atoms with E-state index in [1.54, 1.807) is 24.3 Å². The number of nitrogens with zero attached hydrogens (tertiary/aromatic N) is 4. The molecule has 0 amide bonds. The van der Waals surface area contributed by atoms with Gasteiger partial charge in [-0.05, 0) is 18.2 Å². The number of morpholine rings is 1. The monoisotopic (exact) mass is 352 g/mol. The highest BCUT2D eigenvalue weighted by molar-refractivity contribution is 5.94. The highest BCUT2D eigenvalue weighted by Crippen LogP contribution is 2.28. The maximum Gasteiger partial charge on any atom is 0.337 e. The third kappa shape index (κ3) is 3.02. The Bertz CT molecular complexity index is 986. The molecule has 1 aliphatic heterocycles. The van der Waals surface area contributed by atoms with Crippen LogP contribution in [0.4, 0.5) is 5.82 Å². The molecule has 1 aromatic carbocycles. The van der Waals surface area contributed by atoms with Gasteiger partial charge in [0.05, 0.1) is 24.3 Å². The van der Waals surface area contributed by atoms with Gasteiger partial charge in [0, 0.05) is 24.8 Å². The molecule has 132 valence electrons. The van der Waals surface area contributed by atoms with Crippen molar-refractivity contribution in [1.82, 2.24) is 15.0 Å². The Hall–Kier alpha value is -3.26. The lowest BCUT2D eigenvalue weighted by molar-refractivity contribution is 0.0696. The zero-order chi connectivity index (χ0) is 18.1. The van der Waals surface area contributed by atoms with Crippen LogP contribution in [-0.2, 0) is 4.74 Å². The molecular weight excluding hydrogens is 336 g/mol. The Morgan fingerprint density at radius 1 is 1.15 bits per heavy atom. The molecule has 4 rings (SSSR count). The van der Waals surface area contributed by atoms with Crippen molar-refractivity contribution in [3.8, 4) is 17.1 Å². The number of carboxylic acids is 1. The lowest BCUT2D eigenvalue weighted by atomic mass is 10.2. The first kappa shape index (κ1) is 16.2. The summed E-state index contributed by atoms with van der Waals surface area (Å²) in [6, 6.07) is 8.12. The van der Waals surface area contributed by atoms with Crippen LogP contribution in [0.2, 0.25) is 0 Å². The maximum atomic E-state index is 11.3. The van der Waals surface area contributed by atoms with Gasteiger partial charge in [-0.25, -0.2) is 19.7 Å². The largest absolute Gasteiger partial charge is 0.508 e. The number of aromatic nitrogens is 3. The van der Waals surface area contributed by atoms with Crippen molar-refractivity contribution in [2.45, 2.75) is 0 Å². The van der Waals surface area contributed by atoms with Gasteiger partial charge in [0.25, 0.3) is 0 Å². The third-order valence-corrected chi connectivity index (χ3v) is 4.18. The van der Waals surface area contributed by atoms with Crippen LogP contribution in [0.1, 0.15) is 10.4 Å². The van der Waals surface area contributed by atoms with Gasteiger partial charge < -0.3 is 19.8 Å². The minimum atomic E-state index is -1.06. The lowest BCUT2D eigenvalue weighted by Crippen LogP contribution is -2.37. The van der Waals surface area contributed by atoms with Crippen LogP contribution >= 0.6 is 0 Å². The van der Waals surface area contributed by atoms with Crippen molar-refractivity contribution in [2.75, 3.05) is 31.2 Å². The molecule has 8 nitrogen and oxygen atoms in total. The van der Waals surface area contributed by atoms with Gasteiger partial charge >= 0.3 is 5.97 Å². The average Bonchev–Trinajstić information content (AvgIpc) is 2.67. The number of phenols is 1. The number of fused-ring (bicyclic) bond motifs is 1. The number of phenolic OH excluding ortho intramolecular Hbond substituents is 1. The number of rotatable bonds is 3. The second-order valence-corrected chi connectivity index (χ2v) is 5.92. The van der Waals surface area contributed by atoms with Gasteiger partial charge in [-0.1, -0.05) is 12.1 Å². The van der Waals surface area contributed by atoms with Crippen molar-refractivity contribution < 1.29 is 19.7 Å². The van der Waals surface area contributed by atoms with Crippen molar-refractivity contribution in [3.63, 3.8) is 0 Å². The molecule has 1 saturated heterocycles. The van der Waals surface area contributed by atoms with Gasteiger partial charge in [-0.15, -0.1) is 0 Å². The Kier molecular flexibility index (Phi) is 4.10. The van der Waals surface area contributed by atoms with Gasteiger partial charge in [-0.3, -0.25) is 0 Å². The van der Waals surface area contributed by atoms with Crippen LogP contribution in [0, 0.1) is 0 Å². The molecule has 0 saturated carbocycles. The van der Waals surface area contributed by atoms with Crippen molar-refractivity contribution in [1.29, 1.82) is 0 Å². The van der Waals surface area contributed by atoms with E-state index in [1.807, 2.05) is 4.90 Å². The first-order valence-corrected chi connectivity index (χ1v) is 8.15. The second-order valence-electron chi connectivity index (χ2n) is 5.92. The highest BCUT2D eigenvalue weighted by atomic mass is 16.5. The number of benzene rings is 1. The fourth-order valence-corrected chi connectivity index (χ4v) is 2.89. The number of hydrogen-bond donors (Lipinski definition) is 2. The van der Waals surface area contributed by atoms with E-state index in [2.05, 4.69) is 15.0 Å². The van der Waals surface area contributed by atoms with E-state index >= 15 is 0 Å². The zero-order valence-electron chi connectivity index (χ0n) is 13.8. The van der Waals surface area contributed by atoms with Crippen LogP contribution in [0.5, 0.6) is 5.75 Å². The number of carbonyl (C=O) groups is 1. The third-order valence-electron chi connectivity index (χ3n) is 4.18. The molecule has 0 spiro atoms. The fourth-order valence-electron chi connectivity index (χ4n) is 2.89. The summed E-state index contributed by atoms with van der Waals surface area (Å²) in [5, 5.41) is 19.0. The van der Waals surface area contributed by atoms with E-state index in [4.69, 9.17) is 4.74 Å². The number of hydrogen-bond acceptors (Lipinski definition) is 7. The van der Waals surface area contributed by atoms with Crippen molar-refractivity contribution in [2.24, 2.45) is 0 Å². The van der Waals surface area contributed by atoms with E-state index in [0.29, 0.717) is 54.5 Å². The molecule has 0 aliphatic carbocycles. The molecule has 1 aliphatic rings. The summed E-state index contributed by atoms with van der Waals surface area (Å²) >= 11 is 0. The van der Waals surface area contributed by atoms with E-state index in [9.17, 15) is 15.0 Å². The Balaban J connectivity index is 1.93. The molecule has 0 atom stereocenters. The van der Waals surface area contributed by atoms with Crippen molar-refractivity contribution >= 4 is 22.8 Å². The molecule has 2 aromatic heterocycles. The number of anilines is 1. The van der Waals surface area contributed by atoms with Crippen LogP contribution < -0.4 is 4.90 Å². The smallest absolute Gasteiger partial charge is 0.337 e. The van der Waals surface area contributed by atoms with Crippen molar-refractivity contribution in [3.05, 3.63) is 42.1 Å². The first-order chi connectivity index (χ1) is 12.6. The standard InChI is InChI=1S/C18H16N4O4/c23-13-3-1-2-11(8-13)16-20-14-9-12(18(24)25)10-19-15(14)17(21-16)22-4-6-26-7-5-22/h1-3,8-10,23H,4-7H2,(H,24,25). The molecule has 1 fully saturated rings. The van der Waals surface area contributed by atoms with Crippen LogP contribution in [0.3, 0.4) is 0 Å². The Morgan fingerprint density at radius 2 is 1.96 bits per heavy atom. The minimum Gasteiger partial charge on any atom is -0.508 e. The normalized spacial score (nSPS) is 14.5. The van der Waals surface area contributed by atoms with E-state index in [0.717, 1.165) is 0 Å². The minimum absolute atomic E-state index is 0.0611.